The summed E-state index contributed by atoms with van der Waals surface area (Å²) in [6.45, 7) is 0.578. The Labute approximate surface area is 121 Å². The fraction of sp³-hybridized carbons (Fsp3) is 0.706. The van der Waals surface area contributed by atoms with E-state index in [4.69, 9.17) is 5.73 Å². The topological polar surface area (TPSA) is 42.1 Å². The Balaban J connectivity index is 1.62. The van der Waals surface area contributed by atoms with Crippen LogP contribution in [-0.4, -0.2) is 17.6 Å². The lowest BCUT2D eigenvalue weighted by Crippen LogP contribution is -2.59. The zero-order chi connectivity index (χ0) is 13.7. The molecule has 3 nitrogen and oxygen atoms in total. The Morgan fingerprint density at radius 3 is 2.20 bits per heavy atom. The molecule has 0 aromatic carbocycles. The van der Waals surface area contributed by atoms with Gasteiger partial charge in [-0.05, 0) is 67.9 Å². The first-order chi connectivity index (χ1) is 9.68. The highest BCUT2D eigenvalue weighted by Crippen LogP contribution is 2.57. The summed E-state index contributed by atoms with van der Waals surface area (Å²) in [5.41, 5.74) is 7.18. The van der Waals surface area contributed by atoms with Crippen molar-refractivity contribution in [2.45, 2.75) is 50.6 Å². The first-order valence-electron chi connectivity index (χ1n) is 8.07. The minimum absolute atomic E-state index is 0.395. The Morgan fingerprint density at radius 2 is 1.75 bits per heavy atom. The maximum Gasteiger partial charge on any atom is 0.128 e. The van der Waals surface area contributed by atoms with E-state index in [0.717, 1.165) is 29.1 Å². The lowest BCUT2D eigenvalue weighted by Gasteiger charge is -2.60. The monoisotopic (exact) mass is 271 g/mol. The molecule has 3 heteroatoms. The second kappa shape index (κ2) is 4.45. The third-order valence-corrected chi connectivity index (χ3v) is 6.11. The zero-order valence-electron chi connectivity index (χ0n) is 12.4. The molecule has 0 aliphatic heterocycles. The van der Waals surface area contributed by atoms with E-state index in [0.29, 0.717) is 12.1 Å². The van der Waals surface area contributed by atoms with Crippen molar-refractivity contribution in [3.8, 4) is 0 Å². The zero-order valence-corrected chi connectivity index (χ0v) is 12.4. The Morgan fingerprint density at radius 1 is 1.15 bits per heavy atom. The number of pyridine rings is 1. The smallest absolute Gasteiger partial charge is 0.128 e. The van der Waals surface area contributed by atoms with Crippen LogP contribution in [0, 0.1) is 17.8 Å². The van der Waals surface area contributed by atoms with Crippen LogP contribution in [0.4, 0.5) is 5.82 Å². The average molecular weight is 271 g/mol. The van der Waals surface area contributed by atoms with Crippen molar-refractivity contribution in [3.05, 3.63) is 23.9 Å². The number of aromatic nitrogens is 1. The van der Waals surface area contributed by atoms with Crippen LogP contribution in [0.3, 0.4) is 0 Å². The van der Waals surface area contributed by atoms with Crippen molar-refractivity contribution < 1.29 is 0 Å². The second-order valence-corrected chi connectivity index (χ2v) is 7.43. The van der Waals surface area contributed by atoms with Crippen LogP contribution in [0.25, 0.3) is 0 Å². The van der Waals surface area contributed by atoms with Crippen LogP contribution >= 0.6 is 0 Å². The van der Waals surface area contributed by atoms with Gasteiger partial charge in [-0.3, -0.25) is 0 Å². The highest BCUT2D eigenvalue weighted by Gasteiger charge is 2.53. The number of rotatable bonds is 3. The van der Waals surface area contributed by atoms with Gasteiger partial charge in [0.05, 0.1) is 0 Å². The highest BCUT2D eigenvalue weighted by atomic mass is 15.2. The Kier molecular flexibility index (Phi) is 2.81. The van der Waals surface area contributed by atoms with Crippen LogP contribution in [0.5, 0.6) is 0 Å². The van der Waals surface area contributed by atoms with Crippen LogP contribution in [0.1, 0.15) is 44.1 Å². The van der Waals surface area contributed by atoms with E-state index in [2.05, 4.69) is 29.1 Å². The van der Waals surface area contributed by atoms with Gasteiger partial charge in [-0.15, -0.1) is 0 Å². The highest BCUT2D eigenvalue weighted by molar-refractivity contribution is 5.43. The van der Waals surface area contributed by atoms with Crippen LogP contribution < -0.4 is 10.6 Å². The molecule has 4 aliphatic rings. The molecule has 4 fully saturated rings. The fourth-order valence-corrected chi connectivity index (χ4v) is 5.45. The number of hydrogen-bond acceptors (Lipinski definition) is 3. The predicted octanol–water partition coefficient (Wildman–Crippen LogP) is 2.95. The van der Waals surface area contributed by atoms with Crippen molar-refractivity contribution in [1.29, 1.82) is 0 Å². The van der Waals surface area contributed by atoms with Crippen molar-refractivity contribution in [1.82, 2.24) is 4.98 Å². The van der Waals surface area contributed by atoms with Crippen LogP contribution in [0.15, 0.2) is 18.3 Å². The largest absolute Gasteiger partial charge is 0.354 e. The molecule has 0 radical (unpaired) electrons. The molecule has 0 atom stereocenters. The molecule has 108 valence electrons. The standard InChI is InChI=1S/C17H25N3/c1-20(16-3-2-12(10-18)11-19-16)17-7-13-4-14(8-17)6-15(5-13)9-17/h2-3,11,13-15H,4-10,18H2,1H3. The second-order valence-electron chi connectivity index (χ2n) is 7.43. The van der Waals surface area contributed by atoms with E-state index in [1.807, 2.05) is 6.20 Å². The van der Waals surface area contributed by atoms with E-state index < -0.39 is 0 Å². The quantitative estimate of drug-likeness (QED) is 0.919. The van der Waals surface area contributed by atoms with Gasteiger partial charge in [-0.2, -0.15) is 0 Å². The molecule has 20 heavy (non-hydrogen) atoms. The maximum atomic E-state index is 5.67. The summed E-state index contributed by atoms with van der Waals surface area (Å²) in [6, 6.07) is 4.28. The maximum absolute atomic E-state index is 5.67. The number of anilines is 1. The molecule has 0 spiro atoms. The van der Waals surface area contributed by atoms with Gasteiger partial charge in [0.25, 0.3) is 0 Å². The van der Waals surface area contributed by atoms with E-state index in [1.54, 1.807) is 0 Å². The van der Waals surface area contributed by atoms with E-state index in [9.17, 15) is 0 Å². The molecular formula is C17H25N3. The Bertz CT molecular complexity index is 458. The van der Waals surface area contributed by atoms with Gasteiger partial charge >= 0.3 is 0 Å². The van der Waals surface area contributed by atoms with Crippen molar-refractivity contribution in [3.63, 3.8) is 0 Å². The molecule has 1 aromatic heterocycles. The number of nitrogens with zero attached hydrogens (tertiary/aromatic N) is 2. The van der Waals surface area contributed by atoms with Gasteiger partial charge in [-0.1, -0.05) is 6.07 Å². The molecule has 4 aliphatic carbocycles. The van der Waals surface area contributed by atoms with Crippen molar-refractivity contribution in [2.75, 3.05) is 11.9 Å². The fourth-order valence-electron chi connectivity index (χ4n) is 5.45. The van der Waals surface area contributed by atoms with Crippen molar-refractivity contribution in [2.24, 2.45) is 23.5 Å². The third kappa shape index (κ3) is 1.86. The predicted molar refractivity (Wildman–Crippen MR) is 81.4 cm³/mol. The van der Waals surface area contributed by atoms with E-state index in [-0.39, 0.29) is 0 Å². The Hall–Kier alpha value is -1.09. The van der Waals surface area contributed by atoms with E-state index >= 15 is 0 Å². The SMILES string of the molecule is CN(c1ccc(CN)cn1)C12CC3CC(CC(C3)C1)C2. The molecule has 0 unspecified atom stereocenters. The molecule has 1 heterocycles. The van der Waals surface area contributed by atoms with Gasteiger partial charge in [0.15, 0.2) is 0 Å². The summed E-state index contributed by atoms with van der Waals surface area (Å²) in [7, 11) is 2.26. The van der Waals surface area contributed by atoms with Crippen molar-refractivity contribution >= 4 is 5.82 Å². The normalized spacial score (nSPS) is 38.2. The molecule has 4 bridgehead atoms. The first-order valence-corrected chi connectivity index (χ1v) is 8.07. The van der Waals surface area contributed by atoms with Crippen LogP contribution in [-0.2, 0) is 6.54 Å². The first kappa shape index (κ1) is 12.6. The van der Waals surface area contributed by atoms with Gasteiger partial charge < -0.3 is 10.6 Å². The number of nitrogens with two attached hydrogens (primary N) is 1. The summed E-state index contributed by atoms with van der Waals surface area (Å²) in [6.07, 6.45) is 10.6. The lowest BCUT2D eigenvalue weighted by molar-refractivity contribution is -0.00229. The molecular weight excluding hydrogens is 246 g/mol. The summed E-state index contributed by atoms with van der Waals surface area (Å²) in [5, 5.41) is 0. The van der Waals surface area contributed by atoms with Gasteiger partial charge in [0.2, 0.25) is 0 Å². The summed E-state index contributed by atoms with van der Waals surface area (Å²) in [5.74, 6) is 4.06. The minimum atomic E-state index is 0.395. The van der Waals surface area contributed by atoms with Gasteiger partial charge in [0.1, 0.15) is 5.82 Å². The van der Waals surface area contributed by atoms with Gasteiger partial charge in [-0.25, -0.2) is 4.98 Å². The minimum Gasteiger partial charge on any atom is -0.354 e. The average Bonchev–Trinajstić information content (AvgIpc) is 2.45. The molecule has 1 aromatic rings. The third-order valence-electron chi connectivity index (χ3n) is 6.11. The molecule has 0 amide bonds. The van der Waals surface area contributed by atoms with Crippen LogP contribution in [0.2, 0.25) is 0 Å². The van der Waals surface area contributed by atoms with Gasteiger partial charge in [0, 0.05) is 25.3 Å². The summed E-state index contributed by atoms with van der Waals surface area (Å²) < 4.78 is 0. The molecule has 5 rings (SSSR count). The summed E-state index contributed by atoms with van der Waals surface area (Å²) in [4.78, 5) is 7.15. The molecule has 4 saturated carbocycles. The summed E-state index contributed by atoms with van der Waals surface area (Å²) >= 11 is 0. The number of hydrogen-bond donors (Lipinski definition) is 1. The van der Waals surface area contributed by atoms with E-state index in [1.165, 1.54) is 38.5 Å². The lowest BCUT2D eigenvalue weighted by atomic mass is 9.52. The molecule has 0 saturated heterocycles. The molecule has 2 N–H and O–H groups in total.